The largest absolute Gasteiger partial charge is 0.379 e. The molecule has 7 aromatic carbocycles. The molecule has 7 aromatic rings. The van der Waals surface area contributed by atoms with Crippen LogP contribution in [-0.2, 0) is 31.7 Å². The van der Waals surface area contributed by atoms with E-state index < -0.39 is 42.1 Å². The summed E-state index contributed by atoms with van der Waals surface area (Å²) in [6.45, 7) is 0. The van der Waals surface area contributed by atoms with Crippen LogP contribution in [0.25, 0.3) is 0 Å². The predicted molar refractivity (Wildman–Crippen MR) is 245 cm³/mol. The van der Waals surface area contributed by atoms with Gasteiger partial charge >= 0.3 is 32.3 Å². The van der Waals surface area contributed by atoms with Crippen LogP contribution in [0.2, 0.25) is 0 Å². The van der Waals surface area contributed by atoms with E-state index in [1.54, 1.807) is 59.9 Å². The Bertz CT molecular complexity index is 2670. The molecule has 0 aliphatic carbocycles. The van der Waals surface area contributed by atoms with Crippen molar-refractivity contribution >= 4 is 78.6 Å². The molecule has 62 heavy (non-hydrogen) atoms. The number of carbonyl (C=O) groups excluding carboxylic acids is 2. The van der Waals surface area contributed by atoms with Crippen LogP contribution in [0.1, 0.15) is 11.1 Å². The first kappa shape index (κ1) is 43.4. The van der Waals surface area contributed by atoms with Crippen LogP contribution < -0.4 is 29.6 Å². The first-order valence-corrected chi connectivity index (χ1v) is 23.6. The first-order valence-electron chi connectivity index (χ1n) is 18.8. The van der Waals surface area contributed by atoms with E-state index in [0.717, 1.165) is 27.4 Å². The number of carbonyl (C=O) groups is 2. The summed E-state index contributed by atoms with van der Waals surface area (Å²) < 4.78 is 64.0. The molecule has 4 amide bonds. The van der Waals surface area contributed by atoms with Gasteiger partial charge in [0.25, 0.3) is 0 Å². The Balaban J connectivity index is 0.913. The lowest BCUT2D eigenvalue weighted by atomic mass is 10.2. The van der Waals surface area contributed by atoms with E-state index in [9.17, 15) is 26.4 Å². The van der Waals surface area contributed by atoms with Gasteiger partial charge in [-0.2, -0.15) is 16.8 Å². The van der Waals surface area contributed by atoms with Crippen LogP contribution in [0.3, 0.4) is 0 Å². The first-order chi connectivity index (χ1) is 30.0. The van der Waals surface area contributed by atoms with Gasteiger partial charge in [0.2, 0.25) is 0 Å². The van der Waals surface area contributed by atoms with Crippen molar-refractivity contribution in [1.82, 2.24) is 0 Å². The van der Waals surface area contributed by atoms with Crippen molar-refractivity contribution in [3.63, 3.8) is 0 Å². The maximum absolute atomic E-state index is 13.3. The Morgan fingerprint density at radius 2 is 0.774 bits per heavy atom. The van der Waals surface area contributed by atoms with Crippen molar-refractivity contribution in [2.24, 2.45) is 0 Å². The smallest absolute Gasteiger partial charge is 0.339 e. The van der Waals surface area contributed by atoms with E-state index in [1.165, 1.54) is 65.7 Å². The molecule has 4 N–H and O–H groups in total. The van der Waals surface area contributed by atoms with Crippen LogP contribution >= 0.6 is 23.5 Å². The van der Waals surface area contributed by atoms with Crippen LogP contribution in [0.4, 0.5) is 32.3 Å². The Morgan fingerprint density at radius 3 is 1.18 bits per heavy atom. The second-order valence-corrected chi connectivity index (χ2v) is 18.6. The van der Waals surface area contributed by atoms with Crippen molar-refractivity contribution in [3.8, 4) is 11.5 Å². The number of anilines is 4. The minimum atomic E-state index is -4.56. The number of benzene rings is 7. The Morgan fingerprint density at radius 1 is 0.403 bits per heavy atom. The monoisotopic (exact) mass is 902 g/mol. The van der Waals surface area contributed by atoms with E-state index in [2.05, 4.69) is 45.5 Å². The van der Waals surface area contributed by atoms with Gasteiger partial charge in [-0.3, -0.25) is 0 Å². The summed E-state index contributed by atoms with van der Waals surface area (Å²) in [6.07, 6.45) is 0. The van der Waals surface area contributed by atoms with Crippen LogP contribution in [0.5, 0.6) is 11.5 Å². The molecule has 0 aromatic heterocycles. The molecule has 7 rings (SSSR count). The number of rotatable bonds is 16. The topological polar surface area (TPSA) is 169 Å². The number of hydrogen-bond acceptors (Lipinski definition) is 10. The minimum absolute atomic E-state index is 0.129. The van der Waals surface area contributed by atoms with Crippen molar-refractivity contribution in [2.75, 3.05) is 21.3 Å². The molecule has 0 spiro atoms. The summed E-state index contributed by atoms with van der Waals surface area (Å²) in [4.78, 5) is 26.7. The molecule has 0 saturated heterocycles. The molecule has 0 aliphatic rings. The van der Waals surface area contributed by atoms with E-state index >= 15 is 0 Å². The fourth-order valence-corrected chi connectivity index (χ4v) is 9.45. The minimum Gasteiger partial charge on any atom is -0.379 e. The molecule has 0 heterocycles. The lowest BCUT2D eigenvalue weighted by molar-refractivity contribution is 0.261. The lowest BCUT2D eigenvalue weighted by Crippen LogP contribution is -2.19. The van der Waals surface area contributed by atoms with Gasteiger partial charge in [-0.15, -0.1) is 23.5 Å². The van der Waals surface area contributed by atoms with E-state index in [-0.39, 0.29) is 22.9 Å². The van der Waals surface area contributed by atoms with E-state index in [0.29, 0.717) is 11.4 Å². The van der Waals surface area contributed by atoms with E-state index in [1.807, 2.05) is 60.7 Å². The second-order valence-electron chi connectivity index (χ2n) is 13.4. The molecule has 0 fully saturated rings. The van der Waals surface area contributed by atoms with Gasteiger partial charge in [0, 0.05) is 56.2 Å². The summed E-state index contributed by atoms with van der Waals surface area (Å²) in [5, 5.41) is 10.8. The summed E-state index contributed by atoms with van der Waals surface area (Å²) in [5.74, 6) is 1.36. The van der Waals surface area contributed by atoms with Gasteiger partial charge in [-0.25, -0.2) is 9.59 Å². The quantitative estimate of drug-likeness (QED) is 0.0541. The average molecular weight is 903 g/mol. The zero-order valence-corrected chi connectivity index (χ0v) is 35.9. The lowest BCUT2D eigenvalue weighted by Gasteiger charge is -2.12. The highest BCUT2D eigenvalue weighted by Gasteiger charge is 2.23. The summed E-state index contributed by atoms with van der Waals surface area (Å²) in [7, 11) is -9.12. The number of thioether (sulfide) groups is 2. The third-order valence-corrected chi connectivity index (χ3v) is 13.4. The molecular weight excluding hydrogens is 865 g/mol. The maximum atomic E-state index is 13.3. The summed E-state index contributed by atoms with van der Waals surface area (Å²) >= 11 is 3.34. The van der Waals surface area contributed by atoms with Crippen LogP contribution in [-0.4, -0.2) is 28.9 Å². The molecule has 0 radical (unpaired) electrons. The second kappa shape index (κ2) is 20.2. The normalized spacial score (nSPS) is 11.2. The third-order valence-electron chi connectivity index (χ3n) is 8.70. The summed E-state index contributed by atoms with van der Waals surface area (Å²) in [5.41, 5.74) is 4.00. The Labute approximate surface area is 368 Å². The number of hydrogen-bond donors (Lipinski definition) is 4. The highest BCUT2D eigenvalue weighted by molar-refractivity contribution is 7.98. The third kappa shape index (κ3) is 12.7. The van der Waals surface area contributed by atoms with Crippen LogP contribution in [0.15, 0.2) is 202 Å². The average Bonchev–Trinajstić information content (AvgIpc) is 3.26. The fourth-order valence-electron chi connectivity index (χ4n) is 5.72. The number of amides is 4. The molecular formula is C46H38N4O8S4. The SMILES string of the molecule is O=C(Nc1ccc(SCc2ccccc2)cc1)Nc1cccc(OS(=O)(=O)c2cccc(S(=O)(=O)Oc3cccc(NC(=O)Nc4ccc(SCc5ccccc5)cc4)c3)c2)c1. The van der Waals surface area contributed by atoms with Crippen molar-refractivity contribution in [1.29, 1.82) is 0 Å². The highest BCUT2D eigenvalue weighted by atomic mass is 32.2. The van der Waals surface area contributed by atoms with Crippen molar-refractivity contribution < 1.29 is 34.8 Å². The van der Waals surface area contributed by atoms with Crippen LogP contribution in [0, 0.1) is 0 Å². The molecule has 0 unspecified atom stereocenters. The molecule has 16 heteroatoms. The van der Waals surface area contributed by atoms with Crippen molar-refractivity contribution in [3.05, 3.63) is 193 Å². The van der Waals surface area contributed by atoms with Gasteiger partial charge in [0.15, 0.2) is 0 Å². The standard InChI is InChI=1S/C46H38N4O8S4/c51-45(47-35-20-24-41(25-21-35)59-31-33-10-3-1-4-11-33)49-37-14-7-16-39(28-37)57-61(53,54)43-18-9-19-44(30-43)62(55,56)58-40-17-8-15-38(29-40)50-46(52)48-36-22-26-42(27-23-36)60-32-34-12-5-2-6-13-34/h1-30H,31-32H2,(H2,47,49,51)(H2,48,50,52). The number of urea groups is 2. The van der Waals surface area contributed by atoms with Crippen molar-refractivity contribution in [2.45, 2.75) is 31.1 Å². The molecule has 0 bridgehead atoms. The zero-order valence-electron chi connectivity index (χ0n) is 32.6. The predicted octanol–water partition coefficient (Wildman–Crippen LogP) is 11.1. The molecule has 0 aliphatic heterocycles. The summed E-state index contributed by atoms with van der Waals surface area (Å²) in [6, 6.07) is 49.7. The van der Waals surface area contributed by atoms with Gasteiger partial charge < -0.3 is 29.6 Å². The van der Waals surface area contributed by atoms with E-state index in [4.69, 9.17) is 8.37 Å². The molecule has 12 nitrogen and oxygen atoms in total. The zero-order chi connectivity index (χ0) is 43.4. The Kier molecular flexibility index (Phi) is 14.2. The van der Waals surface area contributed by atoms with Gasteiger partial charge in [-0.05, 0) is 102 Å². The number of nitrogens with one attached hydrogen (secondary N) is 4. The fraction of sp³-hybridized carbons (Fsp3) is 0.0435. The molecule has 0 saturated carbocycles. The van der Waals surface area contributed by atoms with Gasteiger partial charge in [0.1, 0.15) is 21.3 Å². The maximum Gasteiger partial charge on any atom is 0.339 e. The van der Waals surface area contributed by atoms with Gasteiger partial charge in [-0.1, -0.05) is 78.9 Å². The highest BCUT2D eigenvalue weighted by Crippen LogP contribution is 2.28. The molecule has 314 valence electrons. The molecule has 0 atom stereocenters. The van der Waals surface area contributed by atoms with Gasteiger partial charge in [0.05, 0.1) is 0 Å². The Hall–Kier alpha value is -6.72.